The highest BCUT2D eigenvalue weighted by Crippen LogP contribution is 2.30. The van der Waals surface area contributed by atoms with Crippen molar-refractivity contribution in [1.82, 2.24) is 4.90 Å². The fourth-order valence-electron chi connectivity index (χ4n) is 1.77. The molecule has 0 atom stereocenters. The smallest absolute Gasteiger partial charge is 0.0684 e. The Balaban J connectivity index is 2.27. The minimum Gasteiger partial charge on any atom is -0.303 e. The summed E-state index contributed by atoms with van der Waals surface area (Å²) in [6.45, 7) is 9.84. The van der Waals surface area contributed by atoms with Gasteiger partial charge in [0.2, 0.25) is 0 Å². The van der Waals surface area contributed by atoms with E-state index in [2.05, 4.69) is 17.9 Å². The molecule has 15 heavy (non-hydrogen) atoms. The molecule has 0 aromatic heterocycles. The van der Waals surface area contributed by atoms with E-state index in [0.717, 1.165) is 18.9 Å². The lowest BCUT2D eigenvalue weighted by Gasteiger charge is -2.25. The molecule has 0 amide bonds. The quantitative estimate of drug-likeness (QED) is 0.643. The van der Waals surface area contributed by atoms with Crippen LogP contribution in [0.3, 0.4) is 0 Å². The van der Waals surface area contributed by atoms with Gasteiger partial charge in [0.25, 0.3) is 0 Å². The summed E-state index contributed by atoms with van der Waals surface area (Å²) in [6.07, 6.45) is 5.06. The Morgan fingerprint density at radius 3 is 2.47 bits per heavy atom. The molecule has 0 aromatic rings. The highest BCUT2D eigenvalue weighted by atomic mass is 15.1. The van der Waals surface area contributed by atoms with Crippen molar-refractivity contribution in [2.45, 2.75) is 46.5 Å². The topological polar surface area (TPSA) is 27.0 Å². The number of rotatable bonds is 7. The Morgan fingerprint density at radius 2 is 2.00 bits per heavy atom. The largest absolute Gasteiger partial charge is 0.303 e. The van der Waals surface area contributed by atoms with Gasteiger partial charge in [0.05, 0.1) is 11.5 Å². The highest BCUT2D eigenvalue weighted by Gasteiger charge is 2.25. The molecule has 1 fully saturated rings. The lowest BCUT2D eigenvalue weighted by Crippen LogP contribution is -2.30. The number of hydrogen-bond donors (Lipinski definition) is 0. The van der Waals surface area contributed by atoms with Gasteiger partial charge in [-0.2, -0.15) is 5.26 Å². The van der Waals surface area contributed by atoms with Crippen molar-refractivity contribution < 1.29 is 0 Å². The molecule has 0 heterocycles. The van der Waals surface area contributed by atoms with Crippen LogP contribution >= 0.6 is 0 Å². The Kier molecular flexibility index (Phi) is 4.60. The predicted molar refractivity (Wildman–Crippen MR) is 63.5 cm³/mol. The highest BCUT2D eigenvalue weighted by molar-refractivity contribution is 4.92. The van der Waals surface area contributed by atoms with E-state index in [1.54, 1.807) is 0 Å². The summed E-state index contributed by atoms with van der Waals surface area (Å²) >= 11 is 0. The van der Waals surface area contributed by atoms with Crippen LogP contribution in [0, 0.1) is 22.7 Å². The van der Waals surface area contributed by atoms with Gasteiger partial charge >= 0.3 is 0 Å². The maximum absolute atomic E-state index is 8.96. The fraction of sp³-hybridized carbons (Fsp3) is 0.923. The zero-order chi connectivity index (χ0) is 11.3. The summed E-state index contributed by atoms with van der Waals surface area (Å²) < 4.78 is 0. The van der Waals surface area contributed by atoms with Crippen molar-refractivity contribution in [3.05, 3.63) is 0 Å². The summed E-state index contributed by atoms with van der Waals surface area (Å²) in [5.41, 5.74) is -0.157. The molecule has 1 aliphatic rings. The molecule has 2 nitrogen and oxygen atoms in total. The lowest BCUT2D eigenvalue weighted by molar-refractivity contribution is 0.234. The molecule has 0 spiro atoms. The van der Waals surface area contributed by atoms with Crippen LogP contribution in [-0.4, -0.2) is 24.5 Å². The predicted octanol–water partition coefficient (Wildman–Crippen LogP) is 3.05. The number of hydrogen-bond acceptors (Lipinski definition) is 2. The molecular weight excluding hydrogens is 184 g/mol. The van der Waals surface area contributed by atoms with E-state index in [9.17, 15) is 0 Å². The molecule has 0 unspecified atom stereocenters. The van der Waals surface area contributed by atoms with Crippen LogP contribution in [0.1, 0.15) is 46.5 Å². The van der Waals surface area contributed by atoms with Gasteiger partial charge in [0.1, 0.15) is 0 Å². The van der Waals surface area contributed by atoms with Gasteiger partial charge in [-0.05, 0) is 58.5 Å². The van der Waals surface area contributed by atoms with E-state index < -0.39 is 0 Å². The molecular formula is C13H24N2. The first kappa shape index (κ1) is 12.5. The standard InChI is InChI=1S/C13H24N2/c1-4-8-15(10-12-5-6-12)9-7-13(2,3)11-14/h12H,4-10H2,1-3H3. The van der Waals surface area contributed by atoms with E-state index in [1.807, 2.05) is 13.8 Å². The zero-order valence-corrected chi connectivity index (χ0v) is 10.4. The van der Waals surface area contributed by atoms with Gasteiger partial charge < -0.3 is 4.90 Å². The Labute approximate surface area is 94.3 Å². The molecule has 0 bridgehead atoms. The van der Waals surface area contributed by atoms with Crippen molar-refractivity contribution in [3.8, 4) is 6.07 Å². The maximum Gasteiger partial charge on any atom is 0.0684 e. The fourth-order valence-corrected chi connectivity index (χ4v) is 1.77. The normalized spacial score (nSPS) is 16.7. The van der Waals surface area contributed by atoms with Crippen molar-refractivity contribution >= 4 is 0 Å². The SMILES string of the molecule is CCCN(CCC(C)(C)C#N)CC1CC1. The number of nitrogens with zero attached hydrogens (tertiary/aromatic N) is 2. The van der Waals surface area contributed by atoms with Gasteiger partial charge in [0.15, 0.2) is 0 Å². The third-order valence-electron chi connectivity index (χ3n) is 3.11. The van der Waals surface area contributed by atoms with E-state index in [4.69, 9.17) is 5.26 Å². The van der Waals surface area contributed by atoms with Crippen LogP contribution < -0.4 is 0 Å². The third-order valence-corrected chi connectivity index (χ3v) is 3.11. The van der Waals surface area contributed by atoms with Gasteiger partial charge in [0, 0.05) is 6.54 Å². The number of nitriles is 1. The Morgan fingerprint density at radius 1 is 1.33 bits per heavy atom. The van der Waals surface area contributed by atoms with Crippen molar-refractivity contribution in [2.24, 2.45) is 11.3 Å². The van der Waals surface area contributed by atoms with E-state index in [1.165, 1.54) is 32.4 Å². The second-order valence-corrected chi connectivity index (χ2v) is 5.49. The van der Waals surface area contributed by atoms with Gasteiger partial charge in [-0.25, -0.2) is 0 Å². The molecule has 1 rings (SSSR count). The molecule has 0 aromatic carbocycles. The Hall–Kier alpha value is -0.550. The molecule has 0 aliphatic heterocycles. The minimum atomic E-state index is -0.157. The van der Waals surface area contributed by atoms with Crippen LogP contribution in [0.4, 0.5) is 0 Å². The lowest BCUT2D eigenvalue weighted by atomic mass is 9.91. The van der Waals surface area contributed by atoms with E-state index in [-0.39, 0.29) is 5.41 Å². The summed E-state index contributed by atoms with van der Waals surface area (Å²) in [7, 11) is 0. The molecule has 1 saturated carbocycles. The van der Waals surface area contributed by atoms with Crippen molar-refractivity contribution in [1.29, 1.82) is 5.26 Å². The van der Waals surface area contributed by atoms with Crippen LogP contribution in [0.5, 0.6) is 0 Å². The first-order valence-electron chi connectivity index (χ1n) is 6.21. The summed E-state index contributed by atoms with van der Waals surface area (Å²) in [4.78, 5) is 2.54. The van der Waals surface area contributed by atoms with Gasteiger partial charge in [-0.1, -0.05) is 6.92 Å². The Bertz CT molecular complexity index is 223. The zero-order valence-electron chi connectivity index (χ0n) is 10.4. The van der Waals surface area contributed by atoms with E-state index >= 15 is 0 Å². The molecule has 1 aliphatic carbocycles. The average molecular weight is 208 g/mol. The van der Waals surface area contributed by atoms with E-state index in [0.29, 0.717) is 0 Å². The van der Waals surface area contributed by atoms with Crippen LogP contribution in [0.2, 0.25) is 0 Å². The summed E-state index contributed by atoms with van der Waals surface area (Å²) in [6, 6.07) is 2.38. The monoisotopic (exact) mass is 208 g/mol. The summed E-state index contributed by atoms with van der Waals surface area (Å²) in [5, 5.41) is 8.96. The second-order valence-electron chi connectivity index (χ2n) is 5.49. The van der Waals surface area contributed by atoms with Gasteiger partial charge in [-0.15, -0.1) is 0 Å². The first-order valence-corrected chi connectivity index (χ1v) is 6.21. The second kappa shape index (κ2) is 5.51. The van der Waals surface area contributed by atoms with Crippen molar-refractivity contribution in [2.75, 3.05) is 19.6 Å². The van der Waals surface area contributed by atoms with Crippen LogP contribution in [0.15, 0.2) is 0 Å². The molecule has 0 radical (unpaired) electrons. The van der Waals surface area contributed by atoms with Gasteiger partial charge in [-0.3, -0.25) is 0 Å². The molecule has 0 saturated heterocycles. The van der Waals surface area contributed by atoms with Crippen LogP contribution in [0.25, 0.3) is 0 Å². The van der Waals surface area contributed by atoms with Crippen molar-refractivity contribution in [3.63, 3.8) is 0 Å². The molecule has 86 valence electrons. The third kappa shape index (κ3) is 5.18. The minimum absolute atomic E-state index is 0.157. The first-order chi connectivity index (χ1) is 7.07. The maximum atomic E-state index is 8.96. The average Bonchev–Trinajstić information content (AvgIpc) is 2.99. The summed E-state index contributed by atoms with van der Waals surface area (Å²) in [5.74, 6) is 0.960. The molecule has 2 heteroatoms. The van der Waals surface area contributed by atoms with Crippen LogP contribution in [-0.2, 0) is 0 Å². The molecule has 0 N–H and O–H groups in total.